The molecule has 1 saturated heterocycles. The Kier molecular flexibility index (Phi) is 4.90. The summed E-state index contributed by atoms with van der Waals surface area (Å²) in [5.41, 5.74) is 0. The first-order chi connectivity index (χ1) is 9.92. The van der Waals surface area contributed by atoms with Crippen molar-refractivity contribution in [2.24, 2.45) is 0 Å². The molecule has 3 nitrogen and oxygen atoms in total. The van der Waals surface area contributed by atoms with Crippen molar-refractivity contribution in [2.75, 3.05) is 39.5 Å². The minimum atomic E-state index is 0.807. The van der Waals surface area contributed by atoms with E-state index in [-0.39, 0.29) is 0 Å². The molecule has 1 fully saturated rings. The van der Waals surface area contributed by atoms with Gasteiger partial charge < -0.3 is 9.47 Å². The fraction of sp³-hybridized carbons (Fsp3) is 0.500. The van der Waals surface area contributed by atoms with Crippen LogP contribution in [0.25, 0.3) is 10.1 Å². The molecule has 0 bridgehead atoms. The molecular weight excluding hydrogens is 270 g/mol. The number of morpholine rings is 1. The van der Waals surface area contributed by atoms with Gasteiger partial charge in [0.1, 0.15) is 5.75 Å². The van der Waals surface area contributed by atoms with Crippen LogP contribution >= 0.6 is 11.3 Å². The van der Waals surface area contributed by atoms with E-state index in [2.05, 4.69) is 34.5 Å². The summed E-state index contributed by atoms with van der Waals surface area (Å²) in [5, 5.41) is 3.42. The average molecular weight is 291 g/mol. The summed E-state index contributed by atoms with van der Waals surface area (Å²) in [6.45, 7) is 5.90. The van der Waals surface area contributed by atoms with Crippen molar-refractivity contribution in [3.05, 3.63) is 29.6 Å². The molecular formula is C16H21NO2S. The van der Waals surface area contributed by atoms with Gasteiger partial charge in [-0.2, -0.15) is 0 Å². The molecule has 0 saturated carbocycles. The molecule has 0 atom stereocenters. The van der Waals surface area contributed by atoms with Crippen molar-refractivity contribution >= 4 is 21.4 Å². The minimum Gasteiger partial charge on any atom is -0.494 e. The number of rotatable bonds is 6. The Morgan fingerprint density at radius 2 is 2.05 bits per heavy atom. The predicted molar refractivity (Wildman–Crippen MR) is 83.8 cm³/mol. The molecule has 3 rings (SSSR count). The second-order valence-corrected chi connectivity index (χ2v) is 6.08. The van der Waals surface area contributed by atoms with Crippen molar-refractivity contribution in [1.29, 1.82) is 0 Å². The van der Waals surface area contributed by atoms with E-state index in [0.29, 0.717) is 0 Å². The number of ether oxygens (including phenoxy) is 2. The number of fused-ring (bicyclic) bond motifs is 1. The van der Waals surface area contributed by atoms with Crippen LogP contribution in [0.1, 0.15) is 12.8 Å². The first kappa shape index (κ1) is 13.9. The van der Waals surface area contributed by atoms with Gasteiger partial charge in [0.2, 0.25) is 0 Å². The van der Waals surface area contributed by atoms with Crippen molar-refractivity contribution in [2.45, 2.75) is 12.8 Å². The topological polar surface area (TPSA) is 21.7 Å². The maximum atomic E-state index is 5.84. The van der Waals surface area contributed by atoms with Crippen molar-refractivity contribution in [3.63, 3.8) is 0 Å². The fourth-order valence-corrected chi connectivity index (χ4v) is 3.29. The molecule has 108 valence electrons. The van der Waals surface area contributed by atoms with Crippen LogP contribution in [0.5, 0.6) is 5.75 Å². The Bertz CT molecular complexity index is 534. The number of benzene rings is 1. The molecule has 0 aliphatic carbocycles. The number of hydrogen-bond acceptors (Lipinski definition) is 4. The summed E-state index contributed by atoms with van der Waals surface area (Å²) in [6, 6.07) is 8.49. The third kappa shape index (κ3) is 3.72. The van der Waals surface area contributed by atoms with Crippen LogP contribution in [-0.2, 0) is 4.74 Å². The molecule has 0 radical (unpaired) electrons. The molecule has 0 N–H and O–H groups in total. The Balaban J connectivity index is 1.36. The maximum absolute atomic E-state index is 5.84. The van der Waals surface area contributed by atoms with E-state index in [0.717, 1.165) is 51.6 Å². The molecule has 2 aromatic rings. The molecule has 1 aromatic heterocycles. The quantitative estimate of drug-likeness (QED) is 0.762. The lowest BCUT2D eigenvalue weighted by atomic mass is 10.2. The third-order valence-corrected chi connectivity index (χ3v) is 4.55. The van der Waals surface area contributed by atoms with Crippen LogP contribution in [0.3, 0.4) is 0 Å². The number of thiophene rings is 1. The molecule has 1 aliphatic rings. The highest BCUT2D eigenvalue weighted by atomic mass is 32.1. The van der Waals surface area contributed by atoms with E-state index in [1.165, 1.54) is 16.5 Å². The highest BCUT2D eigenvalue weighted by Gasteiger charge is 2.09. The van der Waals surface area contributed by atoms with Gasteiger partial charge >= 0.3 is 0 Å². The van der Waals surface area contributed by atoms with Gasteiger partial charge in [-0.1, -0.05) is 0 Å². The lowest BCUT2D eigenvalue weighted by Gasteiger charge is -2.26. The van der Waals surface area contributed by atoms with Gasteiger partial charge in [0.25, 0.3) is 0 Å². The predicted octanol–water partition coefficient (Wildman–Crippen LogP) is 3.39. The van der Waals surface area contributed by atoms with E-state index in [1.54, 1.807) is 11.3 Å². The van der Waals surface area contributed by atoms with E-state index in [9.17, 15) is 0 Å². The summed E-state index contributed by atoms with van der Waals surface area (Å²) < 4.78 is 12.5. The molecule has 4 heteroatoms. The first-order valence-corrected chi connectivity index (χ1v) is 8.20. The highest BCUT2D eigenvalue weighted by Crippen LogP contribution is 2.25. The van der Waals surface area contributed by atoms with Crippen LogP contribution in [0, 0.1) is 0 Å². The lowest BCUT2D eigenvalue weighted by molar-refractivity contribution is 0.0368. The van der Waals surface area contributed by atoms with Crippen LogP contribution < -0.4 is 4.74 Å². The van der Waals surface area contributed by atoms with Gasteiger partial charge in [-0.3, -0.25) is 4.90 Å². The smallest absolute Gasteiger partial charge is 0.120 e. The number of nitrogens with zero attached hydrogens (tertiary/aromatic N) is 1. The van der Waals surface area contributed by atoms with E-state index in [1.807, 2.05) is 0 Å². The standard InChI is InChI=1S/C16H21NO2S/c1(6-17-7-10-18-11-8-17)2-9-19-15-4-3-14-5-12-20-16(14)13-15/h3-5,12-13H,1-2,6-11H2. The zero-order valence-corrected chi connectivity index (χ0v) is 12.5. The molecule has 1 aliphatic heterocycles. The van der Waals surface area contributed by atoms with Crippen LogP contribution in [0.15, 0.2) is 29.6 Å². The van der Waals surface area contributed by atoms with E-state index in [4.69, 9.17) is 9.47 Å². The van der Waals surface area contributed by atoms with Crippen LogP contribution in [0.2, 0.25) is 0 Å². The zero-order chi connectivity index (χ0) is 13.6. The van der Waals surface area contributed by atoms with Crippen molar-refractivity contribution < 1.29 is 9.47 Å². The van der Waals surface area contributed by atoms with Gasteiger partial charge in [-0.25, -0.2) is 0 Å². The minimum absolute atomic E-state index is 0.807. The summed E-state index contributed by atoms with van der Waals surface area (Å²) in [6.07, 6.45) is 2.31. The molecule has 0 amide bonds. The maximum Gasteiger partial charge on any atom is 0.120 e. The number of hydrogen-bond donors (Lipinski definition) is 0. The summed E-state index contributed by atoms with van der Waals surface area (Å²) in [7, 11) is 0. The normalized spacial score (nSPS) is 16.6. The Morgan fingerprint density at radius 1 is 1.15 bits per heavy atom. The van der Waals surface area contributed by atoms with Crippen molar-refractivity contribution in [1.82, 2.24) is 4.90 Å². The Morgan fingerprint density at radius 3 is 2.95 bits per heavy atom. The monoisotopic (exact) mass is 291 g/mol. The van der Waals surface area contributed by atoms with Gasteiger partial charge in [0.05, 0.1) is 19.8 Å². The second kappa shape index (κ2) is 7.07. The fourth-order valence-electron chi connectivity index (χ4n) is 2.48. The van der Waals surface area contributed by atoms with Crippen molar-refractivity contribution in [3.8, 4) is 5.75 Å². The average Bonchev–Trinajstić information content (AvgIpc) is 2.95. The van der Waals surface area contributed by atoms with E-state index >= 15 is 0 Å². The summed E-state index contributed by atoms with van der Waals surface area (Å²) in [4.78, 5) is 2.47. The number of unbranched alkanes of at least 4 members (excludes halogenated alkanes) is 1. The largest absolute Gasteiger partial charge is 0.494 e. The van der Waals surface area contributed by atoms with Gasteiger partial charge in [-0.05, 0) is 54.4 Å². The van der Waals surface area contributed by atoms with Gasteiger partial charge in [0, 0.05) is 17.8 Å². The Hall–Kier alpha value is -1.10. The summed E-state index contributed by atoms with van der Waals surface area (Å²) in [5.74, 6) is 0.992. The molecule has 0 spiro atoms. The first-order valence-electron chi connectivity index (χ1n) is 7.32. The second-order valence-electron chi connectivity index (χ2n) is 5.13. The molecule has 0 unspecified atom stereocenters. The lowest BCUT2D eigenvalue weighted by Crippen LogP contribution is -2.36. The van der Waals surface area contributed by atoms with Crippen LogP contribution in [-0.4, -0.2) is 44.4 Å². The van der Waals surface area contributed by atoms with Gasteiger partial charge in [-0.15, -0.1) is 11.3 Å². The van der Waals surface area contributed by atoms with Crippen LogP contribution in [0.4, 0.5) is 0 Å². The summed E-state index contributed by atoms with van der Waals surface area (Å²) >= 11 is 1.77. The molecule has 2 heterocycles. The Labute approximate surface area is 124 Å². The highest BCUT2D eigenvalue weighted by molar-refractivity contribution is 7.17. The third-order valence-electron chi connectivity index (χ3n) is 3.67. The SMILES string of the molecule is c1cc2ccc(OCCCCN3CCOCC3)cc2s1. The zero-order valence-electron chi connectivity index (χ0n) is 11.7. The molecule has 20 heavy (non-hydrogen) atoms. The molecule has 1 aromatic carbocycles. The van der Waals surface area contributed by atoms with Gasteiger partial charge in [0.15, 0.2) is 0 Å². The van der Waals surface area contributed by atoms with E-state index < -0.39 is 0 Å².